The third-order valence-corrected chi connectivity index (χ3v) is 5.95. The number of ether oxygens (including phenoxy) is 5. The molecule has 0 N–H and O–H groups in total. The molecule has 0 aromatic heterocycles. The minimum absolute atomic E-state index is 0.328. The Labute approximate surface area is 240 Å². The molecule has 0 spiro atoms. The lowest BCUT2D eigenvalue weighted by atomic mass is 10.1. The van der Waals surface area contributed by atoms with Gasteiger partial charge in [0.15, 0.2) is 0 Å². The van der Waals surface area contributed by atoms with Crippen LogP contribution in [0.4, 0.5) is 0 Å². The summed E-state index contributed by atoms with van der Waals surface area (Å²) in [5.41, 5.74) is 0.788. The summed E-state index contributed by atoms with van der Waals surface area (Å²) in [6.45, 7) is 6.83. The van der Waals surface area contributed by atoms with E-state index in [1.165, 1.54) is 6.08 Å². The van der Waals surface area contributed by atoms with Gasteiger partial charge >= 0.3 is 17.9 Å². The SMILES string of the molecule is C=CC(=O)OCCCCCCCCOc1ccc(C(=O)Oc2ccc(OC(=O)c3ccc(OCC)cc3)cc2)cc1. The van der Waals surface area contributed by atoms with Gasteiger partial charge in [0, 0.05) is 6.08 Å². The van der Waals surface area contributed by atoms with E-state index in [1.807, 2.05) is 6.92 Å². The maximum atomic E-state index is 12.5. The summed E-state index contributed by atoms with van der Waals surface area (Å²) in [6, 6.07) is 19.7. The quantitative estimate of drug-likeness (QED) is 0.0756. The van der Waals surface area contributed by atoms with E-state index in [0.29, 0.717) is 53.9 Å². The third-order valence-electron chi connectivity index (χ3n) is 5.95. The molecule has 0 saturated heterocycles. The Kier molecular flexibility index (Phi) is 13.0. The highest BCUT2D eigenvalue weighted by atomic mass is 16.5. The zero-order valence-electron chi connectivity index (χ0n) is 23.3. The van der Waals surface area contributed by atoms with Gasteiger partial charge in [-0.2, -0.15) is 0 Å². The van der Waals surface area contributed by atoms with Crippen molar-refractivity contribution in [3.05, 3.63) is 96.6 Å². The molecular weight excluding hydrogens is 524 g/mol. The minimum atomic E-state index is -0.505. The van der Waals surface area contributed by atoms with Crippen LogP contribution >= 0.6 is 0 Å². The van der Waals surface area contributed by atoms with E-state index in [9.17, 15) is 14.4 Å². The highest BCUT2D eigenvalue weighted by molar-refractivity contribution is 5.92. The van der Waals surface area contributed by atoms with Gasteiger partial charge in [0.25, 0.3) is 0 Å². The number of hydrogen-bond donors (Lipinski definition) is 0. The average Bonchev–Trinajstić information content (AvgIpc) is 2.99. The lowest BCUT2D eigenvalue weighted by molar-refractivity contribution is -0.137. The van der Waals surface area contributed by atoms with Crippen LogP contribution in [0.5, 0.6) is 23.0 Å². The summed E-state index contributed by atoms with van der Waals surface area (Å²) >= 11 is 0. The molecule has 8 heteroatoms. The monoisotopic (exact) mass is 560 g/mol. The van der Waals surface area contributed by atoms with Crippen LogP contribution < -0.4 is 18.9 Å². The molecule has 0 atom stereocenters. The van der Waals surface area contributed by atoms with Crippen molar-refractivity contribution in [2.45, 2.75) is 45.4 Å². The summed E-state index contributed by atoms with van der Waals surface area (Å²) in [6.07, 6.45) is 7.21. The second kappa shape index (κ2) is 17.2. The molecule has 0 radical (unpaired) electrons. The molecule has 41 heavy (non-hydrogen) atoms. The number of unbranched alkanes of at least 4 members (excludes halogenated alkanes) is 5. The zero-order valence-corrected chi connectivity index (χ0v) is 23.3. The fourth-order valence-electron chi connectivity index (χ4n) is 3.78. The molecule has 0 bridgehead atoms. The molecule has 0 aliphatic rings. The highest BCUT2D eigenvalue weighted by Crippen LogP contribution is 2.21. The minimum Gasteiger partial charge on any atom is -0.494 e. The number of hydrogen-bond acceptors (Lipinski definition) is 8. The molecule has 0 fully saturated rings. The maximum absolute atomic E-state index is 12.5. The number of esters is 3. The molecule has 0 saturated carbocycles. The van der Waals surface area contributed by atoms with Crippen LogP contribution in [0.25, 0.3) is 0 Å². The lowest BCUT2D eigenvalue weighted by Gasteiger charge is -2.09. The Balaban J connectivity index is 1.33. The number of carbonyl (C=O) groups excluding carboxylic acids is 3. The van der Waals surface area contributed by atoms with Crippen LogP contribution in [-0.4, -0.2) is 37.7 Å². The van der Waals surface area contributed by atoms with Crippen LogP contribution in [0.15, 0.2) is 85.5 Å². The summed E-state index contributed by atoms with van der Waals surface area (Å²) in [4.78, 5) is 35.9. The molecule has 216 valence electrons. The van der Waals surface area contributed by atoms with Gasteiger partial charge in [-0.25, -0.2) is 14.4 Å². The van der Waals surface area contributed by atoms with E-state index >= 15 is 0 Å². The first-order chi connectivity index (χ1) is 20.0. The molecule has 0 heterocycles. The Hall–Kier alpha value is -4.59. The smallest absolute Gasteiger partial charge is 0.343 e. The topological polar surface area (TPSA) is 97.4 Å². The lowest BCUT2D eigenvalue weighted by Crippen LogP contribution is -2.09. The second-order valence-corrected chi connectivity index (χ2v) is 9.07. The van der Waals surface area contributed by atoms with Gasteiger partial charge in [-0.15, -0.1) is 0 Å². The molecular formula is C33H36O8. The first kappa shape index (κ1) is 30.9. The van der Waals surface area contributed by atoms with Gasteiger partial charge in [0.05, 0.1) is 30.9 Å². The second-order valence-electron chi connectivity index (χ2n) is 9.07. The first-order valence-electron chi connectivity index (χ1n) is 13.8. The average molecular weight is 561 g/mol. The van der Waals surface area contributed by atoms with Gasteiger partial charge in [0.2, 0.25) is 0 Å². The van der Waals surface area contributed by atoms with Crippen LogP contribution in [0.3, 0.4) is 0 Å². The van der Waals surface area contributed by atoms with Gasteiger partial charge in [0.1, 0.15) is 23.0 Å². The summed E-state index contributed by atoms with van der Waals surface area (Å²) in [5.74, 6) is 0.643. The molecule has 0 aliphatic heterocycles. The van der Waals surface area contributed by atoms with Crippen LogP contribution in [0.1, 0.15) is 66.2 Å². The fourth-order valence-corrected chi connectivity index (χ4v) is 3.78. The van der Waals surface area contributed by atoms with Crippen molar-refractivity contribution >= 4 is 17.9 Å². The number of rotatable bonds is 17. The molecule has 0 amide bonds. The van der Waals surface area contributed by atoms with Crippen molar-refractivity contribution in [3.63, 3.8) is 0 Å². The molecule has 3 aromatic rings. The maximum Gasteiger partial charge on any atom is 0.343 e. The van der Waals surface area contributed by atoms with Gasteiger partial charge < -0.3 is 23.7 Å². The fraction of sp³-hybridized carbons (Fsp3) is 0.303. The Morgan fingerprint density at radius 2 is 1.00 bits per heavy atom. The van der Waals surface area contributed by atoms with E-state index in [2.05, 4.69) is 6.58 Å². The molecule has 0 aliphatic carbocycles. The van der Waals surface area contributed by atoms with Crippen LogP contribution in [0, 0.1) is 0 Å². The van der Waals surface area contributed by atoms with Crippen molar-refractivity contribution in [2.75, 3.05) is 19.8 Å². The van der Waals surface area contributed by atoms with Crippen LogP contribution in [0.2, 0.25) is 0 Å². The van der Waals surface area contributed by atoms with E-state index in [1.54, 1.807) is 72.8 Å². The van der Waals surface area contributed by atoms with Gasteiger partial charge in [-0.3, -0.25) is 0 Å². The van der Waals surface area contributed by atoms with Crippen LogP contribution in [-0.2, 0) is 9.53 Å². The van der Waals surface area contributed by atoms with Crippen molar-refractivity contribution in [1.82, 2.24) is 0 Å². The van der Waals surface area contributed by atoms with Crippen molar-refractivity contribution in [1.29, 1.82) is 0 Å². The van der Waals surface area contributed by atoms with E-state index < -0.39 is 11.9 Å². The van der Waals surface area contributed by atoms with Gasteiger partial charge in [-0.1, -0.05) is 32.3 Å². The Bertz CT molecular complexity index is 1250. The predicted molar refractivity (Wildman–Crippen MR) is 155 cm³/mol. The first-order valence-corrected chi connectivity index (χ1v) is 13.8. The molecule has 3 rings (SSSR count). The predicted octanol–water partition coefficient (Wildman–Crippen LogP) is 6.97. The standard InChI is InChI=1S/C33H36O8/c1-3-31(34)39-24-10-8-6-5-7-9-23-38-28-17-13-26(14-18-28)33(36)41-30-21-19-29(20-22-30)40-32(35)25-11-15-27(16-12-25)37-4-2/h3,11-22H,1,4-10,23-24H2,2H3. The Morgan fingerprint density at radius 3 is 1.46 bits per heavy atom. The summed E-state index contributed by atoms with van der Waals surface area (Å²) in [5, 5.41) is 0. The van der Waals surface area contributed by atoms with E-state index in [0.717, 1.165) is 38.5 Å². The van der Waals surface area contributed by atoms with Crippen molar-refractivity contribution in [3.8, 4) is 23.0 Å². The normalized spacial score (nSPS) is 10.4. The number of benzene rings is 3. The molecule has 0 unspecified atom stereocenters. The van der Waals surface area contributed by atoms with Gasteiger partial charge in [-0.05, 0) is 92.6 Å². The van der Waals surface area contributed by atoms with Crippen molar-refractivity contribution in [2.24, 2.45) is 0 Å². The highest BCUT2D eigenvalue weighted by Gasteiger charge is 2.12. The Morgan fingerprint density at radius 1 is 0.585 bits per heavy atom. The summed E-state index contributed by atoms with van der Waals surface area (Å²) in [7, 11) is 0. The largest absolute Gasteiger partial charge is 0.494 e. The van der Waals surface area contributed by atoms with E-state index in [4.69, 9.17) is 23.7 Å². The molecule has 8 nitrogen and oxygen atoms in total. The number of carbonyl (C=O) groups is 3. The van der Waals surface area contributed by atoms with Crippen molar-refractivity contribution < 1.29 is 38.1 Å². The zero-order chi connectivity index (χ0) is 29.3. The third kappa shape index (κ3) is 11.2. The summed E-state index contributed by atoms with van der Waals surface area (Å²) < 4.78 is 26.9. The molecule has 3 aromatic carbocycles. The van der Waals surface area contributed by atoms with E-state index in [-0.39, 0.29) is 5.97 Å².